The number of hydrogen-bond acceptors (Lipinski definition) is 0. The summed E-state index contributed by atoms with van der Waals surface area (Å²) >= 11 is 7.73. The van der Waals surface area contributed by atoms with Gasteiger partial charge in [0.2, 0.25) is 0 Å². The maximum absolute atomic E-state index is 4.37. The maximum Gasteiger partial charge on any atom is 0.0298 e. The Labute approximate surface area is 120 Å². The van der Waals surface area contributed by atoms with Crippen molar-refractivity contribution in [2.24, 2.45) is 28.1 Å². The molecule has 0 bridgehead atoms. The second kappa shape index (κ2) is 2.49. The minimum atomic E-state index is 0.570. The molecule has 1 unspecified atom stereocenters. The van der Waals surface area contributed by atoms with Gasteiger partial charge in [-0.2, -0.15) is 0 Å². The minimum absolute atomic E-state index is 0.570. The van der Waals surface area contributed by atoms with E-state index in [-0.39, 0.29) is 0 Å². The summed E-state index contributed by atoms with van der Waals surface area (Å²) in [6.07, 6.45) is 8.93. The summed E-state index contributed by atoms with van der Waals surface area (Å²) in [6, 6.07) is 0. The maximum atomic E-state index is 4.37. The molecule has 5 rings (SSSR count). The molecular formula is C15H18Br2. The summed E-state index contributed by atoms with van der Waals surface area (Å²) in [4.78, 5) is 0. The van der Waals surface area contributed by atoms with Gasteiger partial charge in [0.05, 0.1) is 0 Å². The van der Waals surface area contributed by atoms with Crippen molar-refractivity contribution in [2.45, 2.75) is 42.8 Å². The second-order valence-corrected chi connectivity index (χ2v) is 9.51. The second-order valence-electron chi connectivity index (χ2n) is 7.37. The monoisotopic (exact) mass is 356 g/mol. The number of hydrogen-bond donors (Lipinski definition) is 0. The molecule has 3 spiro atoms. The average Bonchev–Trinajstić information content (AvgIpc) is 3.16. The van der Waals surface area contributed by atoms with E-state index >= 15 is 0 Å². The Kier molecular flexibility index (Phi) is 1.53. The smallest absolute Gasteiger partial charge is 0.0298 e. The van der Waals surface area contributed by atoms with Gasteiger partial charge in [0.15, 0.2) is 0 Å². The predicted molar refractivity (Wildman–Crippen MR) is 76.6 cm³/mol. The Balaban J connectivity index is 1.58. The highest BCUT2D eigenvalue weighted by Crippen LogP contribution is 3.09. The van der Waals surface area contributed by atoms with Crippen molar-refractivity contribution in [3.8, 4) is 0 Å². The van der Waals surface area contributed by atoms with Gasteiger partial charge in [0.25, 0.3) is 0 Å². The normalized spacial score (nSPS) is 51.6. The summed E-state index contributed by atoms with van der Waals surface area (Å²) in [6.45, 7) is 4.37. The molecule has 0 nitrogen and oxygen atoms in total. The fourth-order valence-corrected chi connectivity index (χ4v) is 7.58. The van der Waals surface area contributed by atoms with Gasteiger partial charge in [-0.25, -0.2) is 0 Å². The SMILES string of the molecule is C=C(CBr)[C@H]1C2(CC2)C12[C@H](C1(Br)CC1)C21CC1. The molecule has 0 amide bonds. The average molecular weight is 358 g/mol. The van der Waals surface area contributed by atoms with E-state index in [4.69, 9.17) is 0 Å². The molecule has 0 radical (unpaired) electrons. The third kappa shape index (κ3) is 0.836. The van der Waals surface area contributed by atoms with Crippen LogP contribution in [0, 0.1) is 28.1 Å². The number of allylic oxidation sites excluding steroid dienone is 1. The van der Waals surface area contributed by atoms with Crippen LogP contribution in [0.4, 0.5) is 0 Å². The molecule has 5 fully saturated rings. The van der Waals surface area contributed by atoms with Gasteiger partial charge in [-0.05, 0) is 66.6 Å². The zero-order valence-electron chi connectivity index (χ0n) is 10.1. The van der Waals surface area contributed by atoms with Crippen LogP contribution >= 0.6 is 31.9 Å². The molecular weight excluding hydrogens is 340 g/mol. The Morgan fingerprint density at radius 3 is 2.06 bits per heavy atom. The lowest BCUT2D eigenvalue weighted by molar-refractivity contribution is 0.591. The first kappa shape index (κ1) is 10.5. The summed E-state index contributed by atoms with van der Waals surface area (Å²) in [5.74, 6) is 1.91. The van der Waals surface area contributed by atoms with Crippen molar-refractivity contribution in [2.75, 3.05) is 5.33 Å². The third-order valence-corrected chi connectivity index (χ3v) is 8.87. The summed E-state index contributed by atoms with van der Waals surface area (Å²) in [5.41, 5.74) is 3.79. The lowest BCUT2D eigenvalue weighted by Gasteiger charge is -2.04. The third-order valence-electron chi connectivity index (χ3n) is 6.90. The number of alkyl halides is 2. The van der Waals surface area contributed by atoms with Crippen molar-refractivity contribution >= 4 is 31.9 Å². The molecule has 17 heavy (non-hydrogen) atoms. The fraction of sp³-hybridized carbons (Fsp3) is 0.867. The van der Waals surface area contributed by atoms with E-state index in [0.29, 0.717) is 4.32 Å². The van der Waals surface area contributed by atoms with Crippen LogP contribution in [0.2, 0.25) is 0 Å². The van der Waals surface area contributed by atoms with E-state index < -0.39 is 0 Å². The van der Waals surface area contributed by atoms with Gasteiger partial charge in [0.1, 0.15) is 0 Å². The van der Waals surface area contributed by atoms with Crippen LogP contribution < -0.4 is 0 Å². The Morgan fingerprint density at radius 1 is 1.06 bits per heavy atom. The van der Waals surface area contributed by atoms with Crippen molar-refractivity contribution in [3.63, 3.8) is 0 Å². The van der Waals surface area contributed by atoms with E-state index in [9.17, 15) is 0 Å². The van der Waals surface area contributed by atoms with Gasteiger partial charge in [0, 0.05) is 9.65 Å². The van der Waals surface area contributed by atoms with Crippen LogP contribution in [0.15, 0.2) is 12.2 Å². The first-order valence-corrected chi connectivity index (χ1v) is 8.93. The molecule has 0 aromatic carbocycles. The van der Waals surface area contributed by atoms with Crippen molar-refractivity contribution < 1.29 is 0 Å². The Bertz CT molecular complexity index is 454. The lowest BCUT2D eigenvalue weighted by atomic mass is 10.1. The summed E-state index contributed by atoms with van der Waals surface area (Å²) < 4.78 is 0.570. The molecule has 0 aromatic heterocycles. The van der Waals surface area contributed by atoms with E-state index in [0.717, 1.165) is 33.4 Å². The van der Waals surface area contributed by atoms with Crippen LogP contribution in [0.3, 0.4) is 0 Å². The molecule has 5 aliphatic rings. The van der Waals surface area contributed by atoms with E-state index in [1.54, 1.807) is 0 Å². The van der Waals surface area contributed by atoms with Crippen molar-refractivity contribution in [1.29, 1.82) is 0 Å². The first-order valence-electron chi connectivity index (χ1n) is 7.02. The zero-order valence-corrected chi connectivity index (χ0v) is 13.2. The highest BCUT2D eigenvalue weighted by atomic mass is 79.9. The van der Waals surface area contributed by atoms with Crippen LogP contribution in [0.5, 0.6) is 0 Å². The molecule has 0 aliphatic heterocycles. The molecule has 2 heteroatoms. The number of halogens is 2. The molecule has 0 saturated heterocycles. The highest BCUT2D eigenvalue weighted by Gasteiger charge is 3.05. The highest BCUT2D eigenvalue weighted by molar-refractivity contribution is 9.10. The van der Waals surface area contributed by atoms with E-state index in [1.165, 1.54) is 44.1 Å². The molecule has 5 aliphatic carbocycles. The van der Waals surface area contributed by atoms with Gasteiger partial charge in [-0.15, -0.1) is 0 Å². The zero-order chi connectivity index (χ0) is 11.7. The van der Waals surface area contributed by atoms with Gasteiger partial charge >= 0.3 is 0 Å². The standard InChI is InChI=1S/C15H18Br2/c1-9(8-16)10-12(2-3-12)15(10)11(13(15)4-5-13)14(17)6-7-14/h10-11H,1-8H2/t10-,11-,15?/m0/s1. The molecule has 0 N–H and O–H groups in total. The fourth-order valence-electron chi connectivity index (χ4n) is 6.25. The molecule has 3 atom stereocenters. The molecule has 5 saturated carbocycles. The molecule has 0 aromatic rings. The summed E-state index contributed by atoms with van der Waals surface area (Å²) in [7, 11) is 0. The molecule has 92 valence electrons. The quantitative estimate of drug-likeness (QED) is 0.508. The number of fused-ring (bicyclic) bond motifs is 2. The first-order chi connectivity index (χ1) is 8.09. The Morgan fingerprint density at radius 2 is 1.65 bits per heavy atom. The lowest BCUT2D eigenvalue weighted by Crippen LogP contribution is -2.04. The minimum Gasteiger partial charge on any atom is -0.0987 e. The van der Waals surface area contributed by atoms with Crippen molar-refractivity contribution in [3.05, 3.63) is 12.2 Å². The van der Waals surface area contributed by atoms with Crippen LogP contribution in [-0.4, -0.2) is 9.65 Å². The largest absolute Gasteiger partial charge is 0.0987 e. The van der Waals surface area contributed by atoms with Gasteiger partial charge in [-0.3, -0.25) is 0 Å². The van der Waals surface area contributed by atoms with E-state index in [2.05, 4.69) is 38.4 Å². The van der Waals surface area contributed by atoms with E-state index in [1.807, 2.05) is 0 Å². The van der Waals surface area contributed by atoms with Gasteiger partial charge < -0.3 is 0 Å². The predicted octanol–water partition coefficient (Wildman–Crippen LogP) is 4.67. The van der Waals surface area contributed by atoms with Crippen molar-refractivity contribution in [1.82, 2.24) is 0 Å². The Hall–Kier alpha value is 0.700. The van der Waals surface area contributed by atoms with Crippen LogP contribution in [0.1, 0.15) is 38.5 Å². The summed E-state index contributed by atoms with van der Waals surface area (Å²) in [5, 5.41) is 1.03. The molecule has 0 heterocycles. The van der Waals surface area contributed by atoms with Crippen LogP contribution in [0.25, 0.3) is 0 Å². The number of rotatable bonds is 3. The van der Waals surface area contributed by atoms with Gasteiger partial charge in [-0.1, -0.05) is 44.0 Å². The topological polar surface area (TPSA) is 0 Å². The van der Waals surface area contributed by atoms with Crippen LogP contribution in [-0.2, 0) is 0 Å².